The number of hydrogen-bond donors (Lipinski definition) is 1. The maximum Gasteiger partial charge on any atom is 0.162 e. The Bertz CT molecular complexity index is 556. The van der Waals surface area contributed by atoms with Crippen LogP contribution in [0.25, 0.3) is 11.4 Å². The van der Waals surface area contributed by atoms with Crippen molar-refractivity contribution in [3.63, 3.8) is 0 Å². The minimum absolute atomic E-state index is 0.550. The number of halogens is 1. The first-order valence-electron chi connectivity index (χ1n) is 5.36. The third kappa shape index (κ3) is 2.41. The number of hydrogen-bond acceptors (Lipinski definition) is 3. The average molecular weight is 339 g/mol. The minimum Gasteiger partial charge on any atom is -0.383 e. The quantitative estimate of drug-likeness (QED) is 0.812. The third-order valence-corrected chi connectivity index (χ3v) is 4.01. The SMILES string of the molecule is Cc1ccc(C)c(-c2nc(C)c(I)c(N)n2)c1. The van der Waals surface area contributed by atoms with E-state index in [0.717, 1.165) is 20.4 Å². The Morgan fingerprint density at radius 2 is 1.82 bits per heavy atom. The molecule has 1 heterocycles. The van der Waals surface area contributed by atoms with E-state index in [2.05, 4.69) is 64.6 Å². The first-order valence-corrected chi connectivity index (χ1v) is 6.44. The zero-order chi connectivity index (χ0) is 12.6. The molecule has 0 aliphatic rings. The lowest BCUT2D eigenvalue weighted by Gasteiger charge is -2.09. The van der Waals surface area contributed by atoms with Crippen molar-refractivity contribution >= 4 is 28.4 Å². The number of nitrogens with zero attached hydrogens (tertiary/aromatic N) is 2. The number of nitrogens with two attached hydrogens (primary N) is 1. The highest BCUT2D eigenvalue weighted by Gasteiger charge is 2.10. The standard InChI is InChI=1S/C13H14IN3/c1-7-4-5-8(2)10(6-7)13-16-9(3)11(14)12(15)17-13/h4-6H,1-3H3,(H2,15,16,17). The summed E-state index contributed by atoms with van der Waals surface area (Å²) in [5, 5.41) is 0. The van der Waals surface area contributed by atoms with E-state index in [1.165, 1.54) is 5.56 Å². The van der Waals surface area contributed by atoms with Crippen LogP contribution in [0.5, 0.6) is 0 Å². The highest BCUT2D eigenvalue weighted by molar-refractivity contribution is 14.1. The van der Waals surface area contributed by atoms with Crippen molar-refractivity contribution in [1.29, 1.82) is 0 Å². The van der Waals surface area contributed by atoms with E-state index >= 15 is 0 Å². The van der Waals surface area contributed by atoms with E-state index in [1.807, 2.05) is 6.92 Å². The van der Waals surface area contributed by atoms with Crippen molar-refractivity contribution in [1.82, 2.24) is 9.97 Å². The van der Waals surface area contributed by atoms with Gasteiger partial charge in [0.1, 0.15) is 5.82 Å². The number of aryl methyl sites for hydroxylation is 3. The molecule has 0 saturated carbocycles. The molecule has 0 aliphatic carbocycles. The van der Waals surface area contributed by atoms with Crippen LogP contribution in [0.3, 0.4) is 0 Å². The summed E-state index contributed by atoms with van der Waals surface area (Å²) in [6, 6.07) is 6.26. The molecule has 2 aromatic rings. The van der Waals surface area contributed by atoms with Crippen molar-refractivity contribution in [2.24, 2.45) is 0 Å². The molecular weight excluding hydrogens is 325 g/mol. The lowest BCUT2D eigenvalue weighted by molar-refractivity contribution is 1.09. The summed E-state index contributed by atoms with van der Waals surface area (Å²) in [6.45, 7) is 6.07. The molecule has 0 unspecified atom stereocenters. The van der Waals surface area contributed by atoms with Gasteiger partial charge in [-0.25, -0.2) is 9.97 Å². The zero-order valence-corrected chi connectivity index (χ0v) is 12.2. The summed E-state index contributed by atoms with van der Waals surface area (Å²) in [4.78, 5) is 8.87. The average Bonchev–Trinajstić information content (AvgIpc) is 2.28. The maximum atomic E-state index is 5.89. The first kappa shape index (κ1) is 12.3. The Balaban J connectivity index is 2.64. The second-order valence-electron chi connectivity index (χ2n) is 4.15. The van der Waals surface area contributed by atoms with Crippen molar-refractivity contribution in [3.8, 4) is 11.4 Å². The van der Waals surface area contributed by atoms with E-state index in [9.17, 15) is 0 Å². The van der Waals surface area contributed by atoms with Gasteiger partial charge in [0.25, 0.3) is 0 Å². The molecule has 0 fully saturated rings. The van der Waals surface area contributed by atoms with Crippen molar-refractivity contribution < 1.29 is 0 Å². The normalized spacial score (nSPS) is 10.6. The lowest BCUT2D eigenvalue weighted by atomic mass is 10.1. The molecule has 0 saturated heterocycles. The van der Waals surface area contributed by atoms with Crippen LogP contribution in [0.15, 0.2) is 18.2 Å². The van der Waals surface area contributed by atoms with Gasteiger partial charge in [-0.2, -0.15) is 0 Å². The molecular formula is C13H14IN3. The number of nitrogen functional groups attached to an aromatic ring is 1. The fraction of sp³-hybridized carbons (Fsp3) is 0.231. The van der Waals surface area contributed by atoms with Crippen LogP contribution >= 0.6 is 22.6 Å². The van der Waals surface area contributed by atoms with Gasteiger partial charge < -0.3 is 5.73 Å². The Labute approximate surface area is 115 Å². The minimum atomic E-state index is 0.550. The van der Waals surface area contributed by atoms with Gasteiger partial charge in [0, 0.05) is 5.56 Å². The second-order valence-corrected chi connectivity index (χ2v) is 5.23. The zero-order valence-electron chi connectivity index (χ0n) is 10.1. The molecule has 4 heteroatoms. The van der Waals surface area contributed by atoms with E-state index < -0.39 is 0 Å². The van der Waals surface area contributed by atoms with Crippen LogP contribution in [0.4, 0.5) is 5.82 Å². The topological polar surface area (TPSA) is 51.8 Å². The van der Waals surface area contributed by atoms with Crippen LogP contribution in [-0.2, 0) is 0 Å². The summed E-state index contributed by atoms with van der Waals surface area (Å²) in [5.41, 5.74) is 10.2. The number of rotatable bonds is 1. The van der Waals surface area contributed by atoms with E-state index in [-0.39, 0.29) is 0 Å². The summed E-state index contributed by atoms with van der Waals surface area (Å²) < 4.78 is 0.927. The lowest BCUT2D eigenvalue weighted by Crippen LogP contribution is -2.03. The van der Waals surface area contributed by atoms with Gasteiger partial charge in [-0.1, -0.05) is 17.7 Å². The summed E-state index contributed by atoms with van der Waals surface area (Å²) >= 11 is 2.17. The molecule has 0 bridgehead atoms. The van der Waals surface area contributed by atoms with Gasteiger partial charge in [0.15, 0.2) is 5.82 Å². The van der Waals surface area contributed by atoms with E-state index in [0.29, 0.717) is 11.6 Å². The molecule has 88 valence electrons. The van der Waals surface area contributed by atoms with Crippen molar-refractivity contribution in [2.75, 3.05) is 5.73 Å². The molecule has 1 aromatic carbocycles. The van der Waals surface area contributed by atoms with E-state index in [1.54, 1.807) is 0 Å². The Kier molecular flexibility index (Phi) is 3.33. The van der Waals surface area contributed by atoms with E-state index in [4.69, 9.17) is 5.73 Å². The van der Waals surface area contributed by atoms with Crippen LogP contribution in [0.2, 0.25) is 0 Å². The fourth-order valence-corrected chi connectivity index (χ4v) is 1.92. The fourth-order valence-electron chi connectivity index (χ4n) is 1.68. The third-order valence-electron chi connectivity index (χ3n) is 2.68. The predicted molar refractivity (Wildman–Crippen MR) is 78.8 cm³/mol. The smallest absolute Gasteiger partial charge is 0.162 e. The summed E-state index contributed by atoms with van der Waals surface area (Å²) in [7, 11) is 0. The maximum absolute atomic E-state index is 5.89. The molecule has 0 spiro atoms. The number of benzene rings is 1. The summed E-state index contributed by atoms with van der Waals surface area (Å²) in [6.07, 6.45) is 0. The first-order chi connectivity index (χ1) is 7.99. The molecule has 2 rings (SSSR count). The van der Waals surface area contributed by atoms with Crippen LogP contribution in [0, 0.1) is 24.3 Å². The van der Waals surface area contributed by atoms with Crippen LogP contribution in [-0.4, -0.2) is 9.97 Å². The van der Waals surface area contributed by atoms with Crippen LogP contribution < -0.4 is 5.73 Å². The molecule has 0 amide bonds. The highest BCUT2D eigenvalue weighted by atomic mass is 127. The molecule has 2 N–H and O–H groups in total. The van der Waals surface area contributed by atoms with Gasteiger partial charge in [0.05, 0.1) is 9.26 Å². The highest BCUT2D eigenvalue weighted by Crippen LogP contribution is 2.24. The van der Waals surface area contributed by atoms with Crippen molar-refractivity contribution in [2.45, 2.75) is 20.8 Å². The van der Waals surface area contributed by atoms with Crippen LogP contribution in [0.1, 0.15) is 16.8 Å². The Morgan fingerprint density at radius 3 is 2.47 bits per heavy atom. The van der Waals surface area contributed by atoms with Gasteiger partial charge in [-0.15, -0.1) is 0 Å². The van der Waals surface area contributed by atoms with Gasteiger partial charge in [-0.3, -0.25) is 0 Å². The van der Waals surface area contributed by atoms with Gasteiger partial charge in [0.2, 0.25) is 0 Å². The van der Waals surface area contributed by atoms with Crippen molar-refractivity contribution in [3.05, 3.63) is 38.6 Å². The Hall–Kier alpha value is -1.17. The number of aromatic nitrogens is 2. The summed E-state index contributed by atoms with van der Waals surface area (Å²) in [5.74, 6) is 1.26. The molecule has 17 heavy (non-hydrogen) atoms. The second kappa shape index (κ2) is 4.60. The monoisotopic (exact) mass is 339 g/mol. The number of anilines is 1. The molecule has 0 atom stereocenters. The van der Waals surface area contributed by atoms with Gasteiger partial charge >= 0.3 is 0 Å². The molecule has 1 aromatic heterocycles. The predicted octanol–water partition coefficient (Wildman–Crippen LogP) is 3.26. The molecule has 0 radical (unpaired) electrons. The Morgan fingerprint density at radius 1 is 1.12 bits per heavy atom. The largest absolute Gasteiger partial charge is 0.383 e. The molecule has 3 nitrogen and oxygen atoms in total. The van der Waals surface area contributed by atoms with Gasteiger partial charge in [-0.05, 0) is 55.0 Å². The molecule has 0 aliphatic heterocycles.